The molecule has 0 spiro atoms. The van der Waals surface area contributed by atoms with Crippen LogP contribution < -0.4 is 21.1 Å². The van der Waals surface area contributed by atoms with Gasteiger partial charge in [-0.25, -0.2) is 4.98 Å². The number of carbonyl (C=O) groups is 2. The number of aryl methyl sites for hydroxylation is 2. The van der Waals surface area contributed by atoms with E-state index in [1.165, 1.54) is 10.9 Å². The fraction of sp³-hybridized carbons (Fsp3) is 0.273. The van der Waals surface area contributed by atoms with Gasteiger partial charge in [-0.1, -0.05) is 24.3 Å². The lowest BCUT2D eigenvalue weighted by Crippen LogP contribution is -2.48. The summed E-state index contributed by atoms with van der Waals surface area (Å²) in [6, 6.07) is 10.9. The fourth-order valence-electron chi connectivity index (χ4n) is 2.97. The van der Waals surface area contributed by atoms with Crippen LogP contribution in [0, 0.1) is 20.8 Å². The number of hydrazine groups is 1. The Labute approximate surface area is 173 Å². The largest absolute Gasteiger partial charge is 0.481 e. The van der Waals surface area contributed by atoms with Crippen LogP contribution in [0.1, 0.15) is 23.6 Å². The molecule has 8 heteroatoms. The lowest BCUT2D eigenvalue weighted by molar-refractivity contribution is -0.133. The van der Waals surface area contributed by atoms with Crippen molar-refractivity contribution in [3.05, 3.63) is 69.8 Å². The predicted octanol–water partition coefficient (Wildman–Crippen LogP) is 1.94. The van der Waals surface area contributed by atoms with E-state index < -0.39 is 17.9 Å². The summed E-state index contributed by atoms with van der Waals surface area (Å²) in [7, 11) is 0. The summed E-state index contributed by atoms with van der Waals surface area (Å²) in [6.45, 7) is 7.04. The number of nitrogens with one attached hydrogen (secondary N) is 2. The highest BCUT2D eigenvalue weighted by atomic mass is 16.5. The normalized spacial score (nSPS) is 11.7. The first-order valence-electron chi connectivity index (χ1n) is 9.54. The molecule has 1 unspecified atom stereocenters. The minimum Gasteiger partial charge on any atom is -0.481 e. The van der Waals surface area contributed by atoms with Gasteiger partial charge < -0.3 is 4.74 Å². The number of aromatic nitrogens is 2. The van der Waals surface area contributed by atoms with Crippen molar-refractivity contribution in [1.82, 2.24) is 20.4 Å². The van der Waals surface area contributed by atoms with E-state index in [1.54, 1.807) is 25.1 Å². The summed E-state index contributed by atoms with van der Waals surface area (Å²) in [5.41, 5.74) is 7.79. The molecule has 0 saturated carbocycles. The average Bonchev–Trinajstić information content (AvgIpc) is 2.72. The molecule has 0 fully saturated rings. The number of carbonyl (C=O) groups excluding carboxylic acids is 2. The highest BCUT2D eigenvalue weighted by Crippen LogP contribution is 2.21. The monoisotopic (exact) mass is 408 g/mol. The first-order chi connectivity index (χ1) is 14.3. The number of amides is 2. The van der Waals surface area contributed by atoms with E-state index in [9.17, 15) is 14.4 Å². The molecule has 0 aliphatic rings. The van der Waals surface area contributed by atoms with Crippen molar-refractivity contribution in [2.24, 2.45) is 0 Å². The molecule has 8 nitrogen and oxygen atoms in total. The summed E-state index contributed by atoms with van der Waals surface area (Å²) in [4.78, 5) is 41.3. The lowest BCUT2D eigenvalue weighted by Gasteiger charge is -2.17. The molecule has 0 radical (unpaired) electrons. The van der Waals surface area contributed by atoms with Crippen molar-refractivity contribution in [2.45, 2.75) is 40.3 Å². The number of ether oxygens (including phenoxy) is 1. The minimum atomic E-state index is -0.821. The third-order valence-corrected chi connectivity index (χ3v) is 4.92. The molecule has 1 heterocycles. The number of para-hydroxylation sites is 1. The maximum absolute atomic E-state index is 12.6. The molecule has 0 bridgehead atoms. The second kappa shape index (κ2) is 8.77. The molecule has 3 aromatic rings. The molecule has 3 rings (SSSR count). The van der Waals surface area contributed by atoms with Gasteiger partial charge in [0.2, 0.25) is 0 Å². The van der Waals surface area contributed by atoms with Gasteiger partial charge >= 0.3 is 0 Å². The van der Waals surface area contributed by atoms with Gasteiger partial charge in [0.05, 0.1) is 17.2 Å². The highest BCUT2D eigenvalue weighted by molar-refractivity contribution is 5.85. The van der Waals surface area contributed by atoms with Crippen LogP contribution in [0.3, 0.4) is 0 Å². The van der Waals surface area contributed by atoms with Gasteiger partial charge in [0.25, 0.3) is 17.4 Å². The van der Waals surface area contributed by atoms with E-state index >= 15 is 0 Å². The number of rotatable bonds is 5. The minimum absolute atomic E-state index is 0.276. The number of hydrogen-bond donors (Lipinski definition) is 2. The van der Waals surface area contributed by atoms with Crippen molar-refractivity contribution in [2.75, 3.05) is 0 Å². The van der Waals surface area contributed by atoms with Crippen LogP contribution in [0.5, 0.6) is 5.75 Å². The van der Waals surface area contributed by atoms with Crippen LogP contribution >= 0.6 is 0 Å². The Bertz CT molecular complexity index is 1170. The second-order valence-electron chi connectivity index (χ2n) is 7.14. The van der Waals surface area contributed by atoms with Crippen molar-refractivity contribution in [1.29, 1.82) is 0 Å². The Morgan fingerprint density at radius 2 is 1.77 bits per heavy atom. The molecule has 2 N–H and O–H groups in total. The highest BCUT2D eigenvalue weighted by Gasteiger charge is 2.17. The van der Waals surface area contributed by atoms with Gasteiger partial charge in [-0.3, -0.25) is 29.8 Å². The maximum Gasteiger partial charge on any atom is 0.279 e. The SMILES string of the molecule is Cc1cccc(OC(C)C(=O)NNC(=O)Cn2cnc3c(C)cccc3c2=O)c1C. The molecule has 0 aliphatic heterocycles. The third-order valence-electron chi connectivity index (χ3n) is 4.92. The Morgan fingerprint density at radius 3 is 2.53 bits per heavy atom. The maximum atomic E-state index is 12.6. The standard InChI is InChI=1S/C22H24N4O4/c1-13-7-6-10-18(15(13)3)30-16(4)21(28)25-24-19(27)11-26-12-23-20-14(2)8-5-9-17(20)22(26)29/h5-10,12,16H,11H2,1-4H3,(H,24,27)(H,25,28). The summed E-state index contributed by atoms with van der Waals surface area (Å²) in [6.07, 6.45) is 0.504. The first kappa shape index (κ1) is 21.0. The smallest absolute Gasteiger partial charge is 0.279 e. The van der Waals surface area contributed by atoms with E-state index in [4.69, 9.17) is 4.74 Å². The quantitative estimate of drug-likeness (QED) is 0.628. The molecule has 0 aliphatic carbocycles. The zero-order chi connectivity index (χ0) is 21.8. The summed E-state index contributed by atoms with van der Waals surface area (Å²) in [5, 5.41) is 0.435. The van der Waals surface area contributed by atoms with Crippen molar-refractivity contribution >= 4 is 22.7 Å². The third kappa shape index (κ3) is 4.48. The van der Waals surface area contributed by atoms with E-state index in [1.807, 2.05) is 39.0 Å². The van der Waals surface area contributed by atoms with Gasteiger partial charge in [0.15, 0.2) is 6.10 Å². The topological polar surface area (TPSA) is 102 Å². The van der Waals surface area contributed by atoms with E-state index in [2.05, 4.69) is 15.8 Å². The number of fused-ring (bicyclic) bond motifs is 1. The van der Waals surface area contributed by atoms with Crippen molar-refractivity contribution in [3.63, 3.8) is 0 Å². The molecular formula is C22H24N4O4. The second-order valence-corrected chi connectivity index (χ2v) is 7.14. The Kier molecular flexibility index (Phi) is 6.15. The van der Waals surface area contributed by atoms with E-state index in [0.717, 1.165) is 16.7 Å². The number of hydrogen-bond acceptors (Lipinski definition) is 5. The van der Waals surface area contributed by atoms with Crippen LogP contribution in [0.4, 0.5) is 0 Å². The Morgan fingerprint density at radius 1 is 1.07 bits per heavy atom. The zero-order valence-electron chi connectivity index (χ0n) is 17.4. The number of benzene rings is 2. The van der Waals surface area contributed by atoms with E-state index in [-0.39, 0.29) is 12.1 Å². The van der Waals surface area contributed by atoms with Gasteiger partial charge in [-0.2, -0.15) is 0 Å². The molecule has 2 aromatic carbocycles. The fourth-order valence-corrected chi connectivity index (χ4v) is 2.97. The van der Waals surface area contributed by atoms with Gasteiger partial charge in [0, 0.05) is 0 Å². The van der Waals surface area contributed by atoms with Crippen LogP contribution in [0.25, 0.3) is 10.9 Å². The molecule has 1 atom stereocenters. The summed E-state index contributed by atoms with van der Waals surface area (Å²) >= 11 is 0. The van der Waals surface area contributed by atoms with Crippen LogP contribution in [-0.4, -0.2) is 27.5 Å². The molecule has 156 valence electrons. The Hall–Kier alpha value is -3.68. The first-order valence-corrected chi connectivity index (χ1v) is 9.54. The molecule has 1 aromatic heterocycles. The van der Waals surface area contributed by atoms with Crippen LogP contribution in [-0.2, 0) is 16.1 Å². The Balaban J connectivity index is 1.60. The van der Waals surface area contributed by atoms with Gasteiger partial charge in [-0.05, 0) is 56.5 Å². The van der Waals surface area contributed by atoms with Crippen LogP contribution in [0.2, 0.25) is 0 Å². The average molecular weight is 408 g/mol. The van der Waals surface area contributed by atoms with Crippen molar-refractivity contribution < 1.29 is 14.3 Å². The summed E-state index contributed by atoms with van der Waals surface area (Å²) < 4.78 is 6.88. The summed E-state index contributed by atoms with van der Waals surface area (Å²) in [5.74, 6) is -0.463. The molecule has 2 amide bonds. The lowest BCUT2D eigenvalue weighted by atomic mass is 10.1. The molecule has 0 saturated heterocycles. The van der Waals surface area contributed by atoms with Gasteiger partial charge in [-0.15, -0.1) is 0 Å². The number of nitrogens with zero attached hydrogens (tertiary/aromatic N) is 2. The zero-order valence-corrected chi connectivity index (χ0v) is 17.4. The predicted molar refractivity (Wildman–Crippen MR) is 113 cm³/mol. The molecule has 30 heavy (non-hydrogen) atoms. The van der Waals surface area contributed by atoms with Crippen molar-refractivity contribution in [3.8, 4) is 5.75 Å². The van der Waals surface area contributed by atoms with Gasteiger partial charge in [0.1, 0.15) is 12.3 Å². The molecular weight excluding hydrogens is 384 g/mol. The van der Waals surface area contributed by atoms with E-state index in [0.29, 0.717) is 16.7 Å². The van der Waals surface area contributed by atoms with Crippen LogP contribution in [0.15, 0.2) is 47.5 Å².